The van der Waals surface area contributed by atoms with Crippen molar-refractivity contribution in [1.29, 1.82) is 0 Å². The van der Waals surface area contributed by atoms with Crippen molar-refractivity contribution in [3.05, 3.63) is 82.4 Å². The van der Waals surface area contributed by atoms with E-state index in [2.05, 4.69) is 4.98 Å². The van der Waals surface area contributed by atoms with Crippen LogP contribution in [0.25, 0.3) is 16.8 Å². The zero-order valence-corrected chi connectivity index (χ0v) is 17.8. The molecule has 0 fully saturated rings. The smallest absolute Gasteiger partial charge is 0.272 e. The average Bonchev–Trinajstić information content (AvgIpc) is 3.07. The molecule has 4 aromatic rings. The van der Waals surface area contributed by atoms with Gasteiger partial charge >= 0.3 is 0 Å². The van der Waals surface area contributed by atoms with Crippen LogP contribution in [-0.4, -0.2) is 23.6 Å². The van der Waals surface area contributed by atoms with Gasteiger partial charge in [-0.15, -0.1) is 0 Å². The van der Waals surface area contributed by atoms with E-state index in [1.807, 2.05) is 44.2 Å². The number of sulfone groups is 1. The topological polar surface area (TPSA) is 80.6 Å². The lowest BCUT2D eigenvalue weighted by Gasteiger charge is -2.15. The number of aromatic nitrogens is 2. The Hall–Kier alpha value is -3.32. The molecule has 0 amide bonds. The molecule has 0 aliphatic heterocycles. The van der Waals surface area contributed by atoms with Crippen molar-refractivity contribution in [3.8, 4) is 22.8 Å². The normalized spacial score (nSPS) is 11.7. The third-order valence-corrected chi connectivity index (χ3v) is 6.89. The summed E-state index contributed by atoms with van der Waals surface area (Å²) in [5.74, 6) is 1.19. The predicted molar refractivity (Wildman–Crippen MR) is 117 cm³/mol. The molecule has 30 heavy (non-hydrogen) atoms. The predicted octanol–water partition coefficient (Wildman–Crippen LogP) is 4.50. The second-order valence-corrected chi connectivity index (χ2v) is 9.43. The molecule has 0 unspecified atom stereocenters. The Kier molecular flexibility index (Phi) is 4.99. The summed E-state index contributed by atoms with van der Waals surface area (Å²) in [5, 5.41) is 0. The molecule has 1 N–H and O–H groups in total. The number of aryl methyl sites for hydroxylation is 2. The number of nitrogens with zero attached hydrogens (tertiary/aromatic N) is 1. The lowest BCUT2D eigenvalue weighted by Crippen LogP contribution is -2.09. The van der Waals surface area contributed by atoms with Crippen LogP contribution in [0, 0.1) is 13.8 Å². The molecule has 0 saturated carbocycles. The van der Waals surface area contributed by atoms with Gasteiger partial charge in [-0.2, -0.15) is 0 Å². The van der Waals surface area contributed by atoms with Gasteiger partial charge in [0, 0.05) is 18.0 Å². The quantitative estimate of drug-likeness (QED) is 0.514. The molecule has 154 valence electrons. The average molecular weight is 423 g/mol. The SMILES string of the molecule is CCS(=O)(=O)c1ccc(Oc2ccccc2C)c(-c2cc(C)c3c(=O)[nH]ccn23)c1. The molecule has 0 radical (unpaired) electrons. The highest BCUT2D eigenvalue weighted by Crippen LogP contribution is 2.37. The number of para-hydroxylation sites is 1. The van der Waals surface area contributed by atoms with Crippen molar-refractivity contribution < 1.29 is 13.2 Å². The number of hydrogen-bond donors (Lipinski definition) is 1. The van der Waals surface area contributed by atoms with Crippen molar-refractivity contribution >= 4 is 15.4 Å². The molecular formula is C23H22N2O4S. The molecule has 2 heterocycles. The highest BCUT2D eigenvalue weighted by Gasteiger charge is 2.20. The van der Waals surface area contributed by atoms with Gasteiger partial charge in [0.05, 0.1) is 16.3 Å². The van der Waals surface area contributed by atoms with Crippen molar-refractivity contribution in [2.24, 2.45) is 0 Å². The Bertz CT molecular complexity index is 1410. The van der Waals surface area contributed by atoms with Gasteiger partial charge in [-0.1, -0.05) is 25.1 Å². The van der Waals surface area contributed by atoms with Crippen molar-refractivity contribution in [3.63, 3.8) is 0 Å². The first-order valence-electron chi connectivity index (χ1n) is 9.62. The van der Waals surface area contributed by atoms with E-state index < -0.39 is 9.84 Å². The number of fused-ring (bicyclic) bond motifs is 1. The molecule has 0 saturated heterocycles. The summed E-state index contributed by atoms with van der Waals surface area (Å²) in [6, 6.07) is 14.3. The molecule has 0 aliphatic rings. The van der Waals surface area contributed by atoms with E-state index in [4.69, 9.17) is 4.74 Å². The number of aromatic amines is 1. The third kappa shape index (κ3) is 3.41. The molecule has 2 aromatic heterocycles. The minimum absolute atomic E-state index is 0.00195. The Labute approximate surface area is 174 Å². The highest BCUT2D eigenvalue weighted by atomic mass is 32.2. The molecular weight excluding hydrogens is 400 g/mol. The monoisotopic (exact) mass is 422 g/mol. The summed E-state index contributed by atoms with van der Waals surface area (Å²) in [6.07, 6.45) is 3.31. The Morgan fingerprint density at radius 2 is 1.77 bits per heavy atom. The molecule has 2 aromatic carbocycles. The first kappa shape index (κ1) is 20.0. The molecule has 0 aliphatic carbocycles. The number of benzene rings is 2. The first-order chi connectivity index (χ1) is 14.3. The summed E-state index contributed by atoms with van der Waals surface area (Å²) in [7, 11) is -3.41. The van der Waals surface area contributed by atoms with Gasteiger partial charge in [0.15, 0.2) is 9.84 Å². The maximum absolute atomic E-state index is 12.5. The van der Waals surface area contributed by atoms with Crippen molar-refractivity contribution in [1.82, 2.24) is 9.38 Å². The maximum Gasteiger partial charge on any atom is 0.272 e. The molecule has 0 atom stereocenters. The molecule has 6 nitrogen and oxygen atoms in total. The van der Waals surface area contributed by atoms with Crippen LogP contribution in [0.4, 0.5) is 0 Å². The van der Waals surface area contributed by atoms with Crippen LogP contribution < -0.4 is 10.3 Å². The van der Waals surface area contributed by atoms with Crippen LogP contribution in [0.15, 0.2) is 70.6 Å². The van der Waals surface area contributed by atoms with E-state index in [9.17, 15) is 13.2 Å². The van der Waals surface area contributed by atoms with Gasteiger partial charge in [-0.05, 0) is 55.3 Å². The maximum atomic E-state index is 12.5. The Morgan fingerprint density at radius 3 is 2.50 bits per heavy atom. The van der Waals surface area contributed by atoms with Gasteiger partial charge < -0.3 is 14.1 Å². The summed E-state index contributed by atoms with van der Waals surface area (Å²) in [6.45, 7) is 5.41. The Morgan fingerprint density at radius 1 is 1.00 bits per heavy atom. The standard InChI is InChI=1S/C23H22N2O4S/c1-4-30(27,28)17-9-10-21(29-20-8-6-5-7-15(20)2)18(14-17)19-13-16(3)22-23(26)24-11-12-25(19)22/h5-14H,4H2,1-3H3,(H,24,26). The lowest BCUT2D eigenvalue weighted by molar-refractivity contribution is 0.480. The van der Waals surface area contributed by atoms with E-state index in [0.717, 1.165) is 11.1 Å². The van der Waals surface area contributed by atoms with Gasteiger partial charge in [0.1, 0.15) is 17.0 Å². The van der Waals surface area contributed by atoms with E-state index in [-0.39, 0.29) is 16.2 Å². The largest absolute Gasteiger partial charge is 0.456 e. The Balaban J connectivity index is 1.99. The first-order valence-corrected chi connectivity index (χ1v) is 11.3. The van der Waals surface area contributed by atoms with E-state index in [0.29, 0.717) is 28.3 Å². The third-order valence-electron chi connectivity index (χ3n) is 5.16. The summed E-state index contributed by atoms with van der Waals surface area (Å²) in [4.78, 5) is 15.2. The van der Waals surface area contributed by atoms with Crippen molar-refractivity contribution in [2.75, 3.05) is 5.75 Å². The summed E-state index contributed by atoms with van der Waals surface area (Å²) < 4.78 is 33.0. The minimum atomic E-state index is -3.41. The molecule has 0 bridgehead atoms. The number of rotatable bonds is 5. The fraction of sp³-hybridized carbons (Fsp3) is 0.174. The second-order valence-electron chi connectivity index (χ2n) is 7.15. The van der Waals surface area contributed by atoms with Gasteiger partial charge in [-0.3, -0.25) is 4.79 Å². The molecule has 4 rings (SSSR count). The van der Waals surface area contributed by atoms with Crippen LogP contribution in [0.2, 0.25) is 0 Å². The fourth-order valence-corrected chi connectivity index (χ4v) is 4.41. The van der Waals surface area contributed by atoms with Crippen LogP contribution >= 0.6 is 0 Å². The van der Waals surface area contributed by atoms with E-state index in [1.54, 1.807) is 41.9 Å². The van der Waals surface area contributed by atoms with E-state index in [1.165, 1.54) is 0 Å². The summed E-state index contributed by atoms with van der Waals surface area (Å²) in [5.41, 5.74) is 3.34. The molecule has 7 heteroatoms. The van der Waals surface area contributed by atoms with E-state index >= 15 is 0 Å². The highest BCUT2D eigenvalue weighted by molar-refractivity contribution is 7.91. The van der Waals surface area contributed by atoms with Crippen LogP contribution in [0.5, 0.6) is 11.5 Å². The van der Waals surface area contributed by atoms with Crippen LogP contribution in [0.1, 0.15) is 18.1 Å². The number of hydrogen-bond acceptors (Lipinski definition) is 4. The summed E-state index contributed by atoms with van der Waals surface area (Å²) >= 11 is 0. The van der Waals surface area contributed by atoms with Gasteiger partial charge in [0.25, 0.3) is 5.56 Å². The van der Waals surface area contributed by atoms with Gasteiger partial charge in [0.2, 0.25) is 0 Å². The number of nitrogens with one attached hydrogen (secondary N) is 1. The fourth-order valence-electron chi connectivity index (χ4n) is 3.51. The van der Waals surface area contributed by atoms with Crippen LogP contribution in [0.3, 0.4) is 0 Å². The van der Waals surface area contributed by atoms with Crippen molar-refractivity contribution in [2.45, 2.75) is 25.7 Å². The zero-order valence-electron chi connectivity index (χ0n) is 17.0. The zero-order chi connectivity index (χ0) is 21.5. The minimum Gasteiger partial charge on any atom is -0.456 e. The van der Waals surface area contributed by atoms with Crippen LogP contribution in [-0.2, 0) is 9.84 Å². The van der Waals surface area contributed by atoms with Gasteiger partial charge in [-0.25, -0.2) is 8.42 Å². The number of H-pyrrole nitrogens is 1. The number of ether oxygens (including phenoxy) is 1. The lowest BCUT2D eigenvalue weighted by atomic mass is 10.1. The second kappa shape index (κ2) is 7.50. The molecule has 0 spiro atoms.